The predicted octanol–water partition coefficient (Wildman–Crippen LogP) is -2.97. The number of rotatable bonds is 4. The third-order valence-electron chi connectivity index (χ3n) is 6.76. The molecule has 0 heterocycles. The molecular formula is C31H35Cl3SiTi. The molecule has 0 spiro atoms. The minimum atomic E-state index is -2.53. The molecule has 0 radical (unpaired) electrons. The fraction of sp³-hybridized carbons (Fsp3) is 0.290. The SMILES string of the molecule is CC1=[C-]CC(C)=C1[Si](c1cc(C)cc(C)c1)(c1cc(C)cc(C)c1)c1cc(C)cc(C)c1.[Cl-].[Cl-].[Cl-].[Ti+4]. The normalized spacial score (nSPS) is 12.6. The van der Waals surface area contributed by atoms with Gasteiger partial charge in [0.15, 0.2) is 0 Å². The Labute approximate surface area is 253 Å². The summed E-state index contributed by atoms with van der Waals surface area (Å²) in [5, 5.41) is 6.02. The summed E-state index contributed by atoms with van der Waals surface area (Å²) in [5.41, 5.74) is 10.9. The second-order valence-corrected chi connectivity index (χ2v) is 13.7. The van der Waals surface area contributed by atoms with Crippen LogP contribution in [0.25, 0.3) is 0 Å². The largest absolute Gasteiger partial charge is 4.00 e. The van der Waals surface area contributed by atoms with Gasteiger partial charge in [0.1, 0.15) is 0 Å². The van der Waals surface area contributed by atoms with Crippen LogP contribution in [-0.2, 0) is 21.7 Å². The first-order valence-corrected chi connectivity index (χ1v) is 13.7. The molecule has 3 aromatic carbocycles. The van der Waals surface area contributed by atoms with E-state index in [4.69, 9.17) is 0 Å². The fourth-order valence-electron chi connectivity index (χ4n) is 5.87. The van der Waals surface area contributed by atoms with Gasteiger partial charge >= 0.3 is 21.7 Å². The summed E-state index contributed by atoms with van der Waals surface area (Å²) in [7, 11) is -2.53. The van der Waals surface area contributed by atoms with Gasteiger partial charge in [-0.3, -0.25) is 6.08 Å². The van der Waals surface area contributed by atoms with Gasteiger partial charge in [-0.05, 0) is 41.5 Å². The van der Waals surface area contributed by atoms with Gasteiger partial charge < -0.3 is 37.2 Å². The van der Waals surface area contributed by atoms with Gasteiger partial charge in [0, 0.05) is 0 Å². The molecule has 0 nitrogen and oxygen atoms in total. The molecule has 0 unspecified atom stereocenters. The van der Waals surface area contributed by atoms with Crippen LogP contribution in [-0.4, -0.2) is 8.07 Å². The van der Waals surface area contributed by atoms with Crippen LogP contribution in [0.2, 0.25) is 0 Å². The van der Waals surface area contributed by atoms with Crippen LogP contribution in [0.15, 0.2) is 70.9 Å². The molecule has 188 valence electrons. The number of halogens is 3. The van der Waals surface area contributed by atoms with Crippen molar-refractivity contribution in [2.45, 2.75) is 61.8 Å². The Morgan fingerprint density at radius 2 is 0.778 bits per heavy atom. The maximum absolute atomic E-state index is 3.70. The van der Waals surface area contributed by atoms with Crippen LogP contribution in [0, 0.1) is 47.6 Å². The van der Waals surface area contributed by atoms with Crippen LogP contribution in [0.3, 0.4) is 0 Å². The maximum Gasteiger partial charge on any atom is 4.00 e. The number of hydrogen-bond acceptors (Lipinski definition) is 0. The molecule has 0 saturated carbocycles. The number of benzene rings is 3. The molecule has 0 bridgehead atoms. The van der Waals surface area contributed by atoms with Crippen LogP contribution in [0.5, 0.6) is 0 Å². The topological polar surface area (TPSA) is 0 Å². The van der Waals surface area contributed by atoms with E-state index in [1.165, 1.54) is 60.1 Å². The maximum atomic E-state index is 3.70. The van der Waals surface area contributed by atoms with E-state index in [9.17, 15) is 0 Å². The van der Waals surface area contributed by atoms with Crippen molar-refractivity contribution >= 4 is 23.6 Å². The van der Waals surface area contributed by atoms with Crippen molar-refractivity contribution in [2.75, 3.05) is 0 Å². The van der Waals surface area contributed by atoms with Gasteiger partial charge in [-0.1, -0.05) is 117 Å². The minimum Gasteiger partial charge on any atom is -1.00 e. The smallest absolute Gasteiger partial charge is 1.00 e. The van der Waals surface area contributed by atoms with E-state index in [1.54, 1.807) is 5.20 Å². The molecule has 4 rings (SSSR count). The molecular weight excluding hydrogens is 555 g/mol. The van der Waals surface area contributed by atoms with E-state index >= 15 is 0 Å². The van der Waals surface area contributed by atoms with Crippen molar-refractivity contribution in [3.05, 3.63) is 110 Å². The molecule has 0 fully saturated rings. The Morgan fingerprint density at radius 1 is 0.500 bits per heavy atom. The van der Waals surface area contributed by atoms with Gasteiger partial charge in [-0.15, -0.1) is 6.42 Å². The molecule has 0 aromatic heterocycles. The van der Waals surface area contributed by atoms with Gasteiger partial charge in [-0.2, -0.15) is 10.8 Å². The van der Waals surface area contributed by atoms with Crippen LogP contribution < -0.4 is 52.8 Å². The summed E-state index contributed by atoms with van der Waals surface area (Å²) in [6, 6.07) is 21.7. The molecule has 3 aromatic rings. The second kappa shape index (κ2) is 13.7. The second-order valence-electron chi connectivity index (χ2n) is 10.0. The third-order valence-corrected chi connectivity index (χ3v) is 11.8. The predicted molar refractivity (Wildman–Crippen MR) is 142 cm³/mol. The van der Waals surface area contributed by atoms with E-state index in [0.29, 0.717) is 0 Å². The van der Waals surface area contributed by atoms with Crippen LogP contribution in [0.1, 0.15) is 53.6 Å². The first-order chi connectivity index (χ1) is 15.1. The molecule has 0 atom stereocenters. The Bertz CT molecular complexity index is 1110. The van der Waals surface area contributed by atoms with Crippen molar-refractivity contribution < 1.29 is 58.9 Å². The van der Waals surface area contributed by atoms with Gasteiger partial charge in [-0.25, -0.2) is 5.57 Å². The molecule has 1 aliphatic rings. The summed E-state index contributed by atoms with van der Waals surface area (Å²) >= 11 is 0. The molecule has 1 aliphatic carbocycles. The Hall–Kier alpha value is -1.06. The standard InChI is InChI=1S/C31H35Si.3ClH.Ti/c1-20-11-21(2)15-28(14-20)32(31-26(7)9-10-27(31)8,29-16-22(3)12-23(4)17-29)30-18-24(5)13-25(6)19-30;;;;/h11-19H,9H2,1-8H3;3*1H;/q-1;;;;+4/p-3. The summed E-state index contributed by atoms with van der Waals surface area (Å²) in [6.45, 7) is 18.0. The minimum absolute atomic E-state index is 0. The van der Waals surface area contributed by atoms with Gasteiger partial charge in [0.05, 0.1) is 8.07 Å². The van der Waals surface area contributed by atoms with E-state index in [-0.39, 0.29) is 58.9 Å². The van der Waals surface area contributed by atoms with Crippen molar-refractivity contribution in [3.8, 4) is 0 Å². The number of allylic oxidation sites excluding steroid dienone is 4. The van der Waals surface area contributed by atoms with E-state index in [1.807, 2.05) is 0 Å². The molecule has 5 heteroatoms. The molecule has 36 heavy (non-hydrogen) atoms. The third kappa shape index (κ3) is 6.49. The quantitative estimate of drug-likeness (QED) is 0.173. The Balaban J connectivity index is 0.00000306. The zero-order chi connectivity index (χ0) is 23.2. The van der Waals surface area contributed by atoms with E-state index in [0.717, 1.165) is 6.42 Å². The zero-order valence-electron chi connectivity index (χ0n) is 22.5. The van der Waals surface area contributed by atoms with Crippen molar-refractivity contribution in [3.63, 3.8) is 0 Å². The Morgan fingerprint density at radius 3 is 1.00 bits per heavy atom. The van der Waals surface area contributed by atoms with Crippen molar-refractivity contribution in [1.29, 1.82) is 0 Å². The molecule has 0 N–H and O–H groups in total. The number of aryl methyl sites for hydroxylation is 6. The van der Waals surface area contributed by atoms with Gasteiger partial charge in [0.25, 0.3) is 0 Å². The molecule has 0 amide bonds. The summed E-state index contributed by atoms with van der Waals surface area (Å²) in [5.74, 6) is 0. The summed E-state index contributed by atoms with van der Waals surface area (Å²) < 4.78 is 0. The summed E-state index contributed by atoms with van der Waals surface area (Å²) in [4.78, 5) is 0. The number of hydrogen-bond donors (Lipinski definition) is 0. The average Bonchev–Trinajstić information content (AvgIpc) is 3.00. The monoisotopic (exact) mass is 588 g/mol. The molecule has 0 aliphatic heterocycles. The van der Waals surface area contributed by atoms with Gasteiger partial charge in [0.2, 0.25) is 0 Å². The average molecular weight is 590 g/mol. The summed E-state index contributed by atoms with van der Waals surface area (Å²) in [6.07, 6.45) is 4.64. The first kappa shape index (κ1) is 34.9. The van der Waals surface area contributed by atoms with E-state index in [2.05, 4.69) is 116 Å². The van der Waals surface area contributed by atoms with Crippen LogP contribution in [0.4, 0.5) is 0 Å². The van der Waals surface area contributed by atoms with E-state index < -0.39 is 8.07 Å². The van der Waals surface area contributed by atoms with Crippen LogP contribution >= 0.6 is 0 Å². The fourth-order valence-corrected chi connectivity index (χ4v) is 11.8. The van der Waals surface area contributed by atoms with Crippen molar-refractivity contribution in [2.24, 2.45) is 0 Å². The molecule has 0 saturated heterocycles. The Kier molecular flexibility index (Phi) is 13.3. The zero-order valence-corrected chi connectivity index (χ0v) is 27.4. The first-order valence-electron chi connectivity index (χ1n) is 11.7. The van der Waals surface area contributed by atoms with Crippen molar-refractivity contribution in [1.82, 2.24) is 0 Å².